The third-order valence-electron chi connectivity index (χ3n) is 9.97. The minimum atomic E-state index is -0.583. The third kappa shape index (κ3) is 10.9. The summed E-state index contributed by atoms with van der Waals surface area (Å²) in [6.45, 7) is 18.5. The summed E-state index contributed by atoms with van der Waals surface area (Å²) in [7, 11) is 0. The smallest absolute Gasteiger partial charge is 0.410 e. The van der Waals surface area contributed by atoms with Crippen LogP contribution in [0.5, 0.6) is 0 Å². The maximum Gasteiger partial charge on any atom is 0.410 e. The van der Waals surface area contributed by atoms with Gasteiger partial charge in [-0.3, -0.25) is 9.59 Å². The van der Waals surface area contributed by atoms with E-state index in [4.69, 9.17) is 14.2 Å². The fourth-order valence-corrected chi connectivity index (χ4v) is 7.54. The Hall–Kier alpha value is -4.53. The first kappa shape index (κ1) is 42.6. The van der Waals surface area contributed by atoms with Crippen LogP contribution in [0, 0.1) is 10.8 Å². The molecule has 2 N–H and O–H groups in total. The van der Waals surface area contributed by atoms with Crippen LogP contribution in [0.4, 0.5) is 21.2 Å². The zero-order chi connectivity index (χ0) is 41.3. The van der Waals surface area contributed by atoms with Crippen molar-refractivity contribution in [2.24, 2.45) is 10.8 Å². The zero-order valence-corrected chi connectivity index (χ0v) is 35.6. The lowest BCUT2D eigenvalue weighted by molar-refractivity contribution is -0.148. The Labute approximate surface area is 337 Å². The van der Waals surface area contributed by atoms with Crippen molar-refractivity contribution in [3.05, 3.63) is 51.8 Å². The fraction of sp³-hybridized carbons (Fsp3) is 0.585. The molecule has 15 heteroatoms. The molecule has 0 unspecified atom stereocenters. The number of anilines is 2. The van der Waals surface area contributed by atoms with Gasteiger partial charge in [-0.2, -0.15) is 0 Å². The van der Waals surface area contributed by atoms with Gasteiger partial charge < -0.3 is 34.6 Å². The number of amides is 4. The van der Waals surface area contributed by atoms with E-state index in [1.165, 1.54) is 6.08 Å². The highest BCUT2D eigenvalue weighted by atomic mass is 79.9. The van der Waals surface area contributed by atoms with Gasteiger partial charge in [0.05, 0.1) is 10.8 Å². The number of pyridine rings is 2. The second-order valence-corrected chi connectivity index (χ2v) is 19.0. The number of carbonyl (C=O) groups is 5. The van der Waals surface area contributed by atoms with Gasteiger partial charge in [0.15, 0.2) is 0 Å². The summed E-state index contributed by atoms with van der Waals surface area (Å²) in [5.74, 6) is 0.717. The van der Waals surface area contributed by atoms with Crippen LogP contribution < -0.4 is 10.6 Å². The molecule has 14 nitrogen and oxygen atoms in total. The molecule has 0 aliphatic carbocycles. The summed E-state index contributed by atoms with van der Waals surface area (Å²) in [4.78, 5) is 74.0. The van der Waals surface area contributed by atoms with E-state index in [9.17, 15) is 24.0 Å². The van der Waals surface area contributed by atoms with Gasteiger partial charge in [-0.25, -0.2) is 24.4 Å². The Morgan fingerprint density at radius 3 is 1.52 bits per heavy atom. The molecule has 2 aromatic heterocycles. The lowest BCUT2D eigenvalue weighted by Gasteiger charge is -2.43. The van der Waals surface area contributed by atoms with Crippen molar-refractivity contribution < 1.29 is 38.2 Å². The van der Waals surface area contributed by atoms with Crippen LogP contribution in [0.1, 0.15) is 105 Å². The van der Waals surface area contributed by atoms with Crippen LogP contribution in [-0.4, -0.2) is 92.7 Å². The summed E-state index contributed by atoms with van der Waals surface area (Å²) in [5.41, 5.74) is 0.0475. The molecule has 0 saturated carbocycles. The van der Waals surface area contributed by atoms with E-state index in [-0.39, 0.29) is 24.0 Å². The van der Waals surface area contributed by atoms with Crippen molar-refractivity contribution in [1.29, 1.82) is 0 Å². The monoisotopic (exact) mass is 838 g/mol. The highest BCUT2D eigenvalue weighted by Crippen LogP contribution is 2.43. The Kier molecular flexibility index (Phi) is 12.3. The lowest BCUT2D eigenvalue weighted by Crippen LogP contribution is -2.51. The molecule has 56 heavy (non-hydrogen) atoms. The predicted octanol–water partition coefficient (Wildman–Crippen LogP) is 7.30. The van der Waals surface area contributed by atoms with E-state index in [1.807, 2.05) is 74.4 Å². The van der Waals surface area contributed by atoms with Crippen molar-refractivity contribution in [2.45, 2.75) is 118 Å². The minimum absolute atomic E-state index is 0.00802. The summed E-state index contributed by atoms with van der Waals surface area (Å²) in [5, 5.41) is 5.85. The van der Waals surface area contributed by atoms with Crippen LogP contribution in [0.15, 0.2) is 35.1 Å². The molecule has 0 atom stereocenters. The Morgan fingerprint density at radius 2 is 1.09 bits per heavy atom. The minimum Gasteiger partial charge on any atom is -0.457 e. The van der Waals surface area contributed by atoms with Crippen LogP contribution in [-0.2, 0) is 41.4 Å². The fourth-order valence-electron chi connectivity index (χ4n) is 7.16. The molecule has 0 bridgehead atoms. The van der Waals surface area contributed by atoms with Crippen molar-refractivity contribution in [2.75, 3.05) is 36.8 Å². The normalized spacial score (nSPS) is 18.9. The maximum absolute atomic E-state index is 12.9. The Morgan fingerprint density at radius 1 is 0.679 bits per heavy atom. The third-order valence-corrected chi connectivity index (χ3v) is 10.4. The van der Waals surface area contributed by atoms with Crippen LogP contribution >= 0.6 is 15.9 Å². The molecule has 0 aromatic carbocycles. The molecule has 6 rings (SSSR count). The van der Waals surface area contributed by atoms with Gasteiger partial charge in [-0.05, 0) is 152 Å². The van der Waals surface area contributed by atoms with Crippen molar-refractivity contribution in [1.82, 2.24) is 19.8 Å². The SMILES string of the molecule is CC(C)(C)OC(=O)/C=C/c1cnc2c(c1)CC1(CCN(C(=O)OC(C)(C)C)CC1)C(=O)N2.CC(C)(C)OC(=O)N1CCC2(CC1)Cc1cc(Br)cnc1NC2=O. The van der Waals surface area contributed by atoms with Gasteiger partial charge in [0.1, 0.15) is 28.4 Å². The van der Waals surface area contributed by atoms with Gasteiger partial charge in [-0.15, -0.1) is 0 Å². The van der Waals surface area contributed by atoms with Crippen LogP contribution in [0.25, 0.3) is 6.08 Å². The second kappa shape index (κ2) is 16.1. The Balaban J connectivity index is 0.000000223. The molecule has 4 amide bonds. The second-order valence-electron chi connectivity index (χ2n) is 18.1. The number of fused-ring (bicyclic) bond motifs is 2. The number of piperidine rings is 2. The van der Waals surface area contributed by atoms with Crippen LogP contribution in [0.2, 0.25) is 0 Å². The predicted molar refractivity (Wildman–Crippen MR) is 215 cm³/mol. The Bertz CT molecular complexity index is 1880. The average molecular weight is 840 g/mol. The maximum atomic E-state index is 12.9. The average Bonchev–Trinajstić information content (AvgIpc) is 3.07. The summed E-state index contributed by atoms with van der Waals surface area (Å²) >= 11 is 3.43. The highest BCUT2D eigenvalue weighted by Gasteiger charge is 2.47. The van der Waals surface area contributed by atoms with E-state index < -0.39 is 33.6 Å². The summed E-state index contributed by atoms with van der Waals surface area (Å²) in [6.07, 6.45) is 9.24. The molecule has 6 heterocycles. The number of hydrogen-bond acceptors (Lipinski definition) is 10. The van der Waals surface area contributed by atoms with Gasteiger partial charge in [0.25, 0.3) is 0 Å². The van der Waals surface area contributed by atoms with E-state index in [0.29, 0.717) is 76.3 Å². The molecule has 4 aliphatic heterocycles. The molecule has 304 valence electrons. The molecule has 2 spiro atoms. The highest BCUT2D eigenvalue weighted by molar-refractivity contribution is 9.10. The summed E-state index contributed by atoms with van der Waals surface area (Å²) in [6, 6.07) is 3.94. The lowest BCUT2D eigenvalue weighted by atomic mass is 9.71. The first-order chi connectivity index (χ1) is 25.9. The number of hydrogen-bond donors (Lipinski definition) is 2. The number of aromatic nitrogens is 2. The number of likely N-dealkylation sites (tertiary alicyclic amines) is 2. The largest absolute Gasteiger partial charge is 0.457 e. The zero-order valence-electron chi connectivity index (χ0n) is 34.0. The number of nitrogens with one attached hydrogen (secondary N) is 2. The standard InChI is InChI=1S/C24H33N3O5.C17H22BrN3O3/c1-22(2,3)31-18(28)8-7-16-13-17-14-24(20(29)26-19(17)25-15-16)9-11-27(12-10-24)21(30)32-23(4,5)6;1-16(2,3)24-15(23)21-6-4-17(5-7-21)9-11-8-12(18)10-19-13(11)20-14(17)22/h7-8,13,15H,9-12,14H2,1-6H3,(H,25,26,29);8,10H,4-7,9H2,1-3H3,(H,19,20,22)/b8-7+;. The number of halogens is 1. The topological polar surface area (TPSA) is 169 Å². The van der Waals surface area contributed by atoms with Crippen molar-refractivity contribution >= 4 is 63.6 Å². The van der Waals surface area contributed by atoms with E-state index in [0.717, 1.165) is 21.2 Å². The van der Waals surface area contributed by atoms with E-state index in [1.54, 1.807) is 28.3 Å². The molecule has 0 radical (unpaired) electrons. The van der Waals surface area contributed by atoms with Gasteiger partial charge in [-0.1, -0.05) is 0 Å². The number of rotatable bonds is 2. The van der Waals surface area contributed by atoms with Crippen molar-refractivity contribution in [3.63, 3.8) is 0 Å². The quantitative estimate of drug-likeness (QED) is 0.178. The van der Waals surface area contributed by atoms with E-state index in [2.05, 4.69) is 36.5 Å². The molecule has 4 aliphatic rings. The first-order valence-corrected chi connectivity index (χ1v) is 19.9. The number of carbonyl (C=O) groups excluding carboxylic acids is 5. The van der Waals surface area contributed by atoms with Gasteiger partial charge in [0, 0.05) is 49.1 Å². The van der Waals surface area contributed by atoms with Gasteiger partial charge >= 0.3 is 18.2 Å². The molecule has 2 aromatic rings. The number of esters is 1. The summed E-state index contributed by atoms with van der Waals surface area (Å²) < 4.78 is 17.1. The number of nitrogens with zero attached hydrogens (tertiary/aromatic N) is 4. The number of ether oxygens (including phenoxy) is 3. The molecule has 2 saturated heterocycles. The first-order valence-electron chi connectivity index (χ1n) is 19.1. The van der Waals surface area contributed by atoms with E-state index >= 15 is 0 Å². The van der Waals surface area contributed by atoms with Crippen LogP contribution in [0.3, 0.4) is 0 Å². The van der Waals surface area contributed by atoms with Crippen molar-refractivity contribution in [3.8, 4) is 0 Å². The molecular formula is C41H55BrN6O8. The molecule has 2 fully saturated rings. The van der Waals surface area contributed by atoms with Gasteiger partial charge in [0.2, 0.25) is 11.8 Å². The molecular weight excluding hydrogens is 784 g/mol.